The third-order valence-electron chi connectivity index (χ3n) is 2.84. The van der Waals surface area contributed by atoms with Crippen LogP contribution in [-0.4, -0.2) is 5.91 Å². The number of carbonyl (C=O) groups excluding carboxylic acids is 1. The average molecular weight is 332 g/mol. The average Bonchev–Trinajstić information content (AvgIpc) is 2.77. The van der Waals surface area contributed by atoms with Gasteiger partial charge in [-0.3, -0.25) is 4.79 Å². The second-order valence-corrected chi connectivity index (χ2v) is 6.44. The predicted molar refractivity (Wildman–Crippen MR) is 81.9 cm³/mol. The van der Waals surface area contributed by atoms with Gasteiger partial charge >= 0.3 is 0 Å². The fraction of sp³-hybridized carbons (Fsp3) is 0.643. The molecule has 0 fully saturated rings. The lowest BCUT2D eigenvalue weighted by Crippen LogP contribution is -2.21. The van der Waals surface area contributed by atoms with Crippen LogP contribution in [0.15, 0.2) is 15.9 Å². The molecule has 0 radical (unpaired) electrons. The predicted octanol–water partition coefficient (Wildman–Crippen LogP) is 4.88. The lowest BCUT2D eigenvalue weighted by molar-refractivity contribution is -0.121. The Bertz CT molecular complexity index is 351. The summed E-state index contributed by atoms with van der Waals surface area (Å²) < 4.78 is 1.09. The first-order valence-corrected chi connectivity index (χ1v) is 8.39. The second-order valence-electron chi connectivity index (χ2n) is 4.53. The van der Waals surface area contributed by atoms with E-state index in [-0.39, 0.29) is 5.91 Å². The van der Waals surface area contributed by atoms with Gasteiger partial charge in [0.25, 0.3) is 0 Å². The number of amides is 1. The molecule has 0 saturated carbocycles. The Morgan fingerprint density at radius 2 is 2.00 bits per heavy atom. The molecular weight excluding hydrogens is 310 g/mol. The van der Waals surface area contributed by atoms with Gasteiger partial charge in [-0.1, -0.05) is 39.0 Å². The number of halogens is 1. The van der Waals surface area contributed by atoms with E-state index in [1.807, 2.05) is 5.38 Å². The Kier molecular flexibility index (Phi) is 8.34. The van der Waals surface area contributed by atoms with E-state index in [1.165, 1.54) is 37.0 Å². The molecule has 0 atom stereocenters. The minimum atomic E-state index is 0.176. The lowest BCUT2D eigenvalue weighted by Gasteiger charge is -2.03. The number of unbranched alkanes of at least 4 members (excludes halogenated alkanes) is 5. The number of hydrogen-bond donors (Lipinski definition) is 1. The largest absolute Gasteiger partial charge is 0.351 e. The van der Waals surface area contributed by atoms with E-state index < -0.39 is 0 Å². The number of nitrogens with one attached hydrogen (secondary N) is 1. The van der Waals surface area contributed by atoms with Crippen LogP contribution in [0.3, 0.4) is 0 Å². The monoisotopic (exact) mass is 331 g/mol. The molecule has 4 heteroatoms. The molecule has 0 saturated heterocycles. The molecule has 1 N–H and O–H groups in total. The summed E-state index contributed by atoms with van der Waals surface area (Å²) in [6.45, 7) is 2.88. The van der Waals surface area contributed by atoms with Crippen molar-refractivity contribution >= 4 is 33.2 Å². The second kappa shape index (κ2) is 9.56. The van der Waals surface area contributed by atoms with E-state index in [4.69, 9.17) is 0 Å². The standard InChI is InChI=1S/C14H22BrNOS/c1-2-3-4-5-6-7-8-14(17)16-10-13-9-12(15)11-18-13/h9,11H,2-8,10H2,1H3,(H,16,17). The molecule has 18 heavy (non-hydrogen) atoms. The molecule has 0 bridgehead atoms. The van der Waals surface area contributed by atoms with Gasteiger partial charge in [0.2, 0.25) is 5.91 Å². The van der Waals surface area contributed by atoms with E-state index in [2.05, 4.69) is 34.2 Å². The highest BCUT2D eigenvalue weighted by molar-refractivity contribution is 9.10. The van der Waals surface area contributed by atoms with E-state index >= 15 is 0 Å². The molecule has 1 amide bonds. The summed E-state index contributed by atoms with van der Waals surface area (Å²) in [5.41, 5.74) is 0. The number of carbonyl (C=O) groups is 1. The maximum absolute atomic E-state index is 11.6. The van der Waals surface area contributed by atoms with Crippen molar-refractivity contribution in [2.24, 2.45) is 0 Å². The van der Waals surface area contributed by atoms with Gasteiger partial charge in [0, 0.05) is 21.2 Å². The lowest BCUT2D eigenvalue weighted by atomic mass is 10.1. The zero-order chi connectivity index (χ0) is 13.2. The Hall–Kier alpha value is -0.350. The van der Waals surface area contributed by atoms with E-state index in [0.29, 0.717) is 13.0 Å². The number of hydrogen-bond acceptors (Lipinski definition) is 2. The van der Waals surface area contributed by atoms with E-state index in [9.17, 15) is 4.79 Å². The highest BCUT2D eigenvalue weighted by Gasteiger charge is 2.02. The highest BCUT2D eigenvalue weighted by atomic mass is 79.9. The van der Waals surface area contributed by atoms with Crippen molar-refractivity contribution in [3.8, 4) is 0 Å². The first-order chi connectivity index (χ1) is 8.72. The van der Waals surface area contributed by atoms with Crippen molar-refractivity contribution in [1.82, 2.24) is 5.32 Å². The fourth-order valence-electron chi connectivity index (χ4n) is 1.79. The summed E-state index contributed by atoms with van der Waals surface area (Å²) in [6.07, 6.45) is 8.02. The molecule has 0 spiro atoms. The van der Waals surface area contributed by atoms with Crippen LogP contribution in [0.5, 0.6) is 0 Å². The van der Waals surface area contributed by atoms with Gasteiger partial charge in [-0.2, -0.15) is 0 Å². The molecule has 2 nitrogen and oxygen atoms in total. The summed E-state index contributed by atoms with van der Waals surface area (Å²) in [5.74, 6) is 0.176. The van der Waals surface area contributed by atoms with Crippen LogP contribution in [0.2, 0.25) is 0 Å². The van der Waals surface area contributed by atoms with Crippen molar-refractivity contribution in [2.45, 2.75) is 58.4 Å². The van der Waals surface area contributed by atoms with Crippen molar-refractivity contribution < 1.29 is 4.79 Å². The van der Waals surface area contributed by atoms with Gasteiger partial charge in [-0.15, -0.1) is 11.3 Å². The molecule has 1 rings (SSSR count). The quantitative estimate of drug-likeness (QED) is 0.642. The summed E-state index contributed by atoms with van der Waals surface area (Å²) in [5, 5.41) is 5.00. The Balaban J connectivity index is 2.00. The van der Waals surface area contributed by atoms with Gasteiger partial charge in [0.1, 0.15) is 0 Å². The van der Waals surface area contributed by atoms with Gasteiger partial charge in [0.05, 0.1) is 6.54 Å². The van der Waals surface area contributed by atoms with Crippen LogP contribution in [0, 0.1) is 0 Å². The zero-order valence-corrected chi connectivity index (χ0v) is 13.4. The number of rotatable bonds is 9. The van der Waals surface area contributed by atoms with Gasteiger partial charge in [0.15, 0.2) is 0 Å². The van der Waals surface area contributed by atoms with Gasteiger partial charge < -0.3 is 5.32 Å². The van der Waals surface area contributed by atoms with Gasteiger partial charge in [-0.25, -0.2) is 0 Å². The topological polar surface area (TPSA) is 29.1 Å². The van der Waals surface area contributed by atoms with Gasteiger partial charge in [-0.05, 0) is 28.4 Å². The molecule has 102 valence electrons. The van der Waals surface area contributed by atoms with Crippen LogP contribution in [0.4, 0.5) is 0 Å². The Morgan fingerprint density at radius 1 is 1.28 bits per heavy atom. The maximum Gasteiger partial charge on any atom is 0.220 e. The molecule has 0 aromatic carbocycles. The third-order valence-corrected chi connectivity index (χ3v) is 4.54. The van der Waals surface area contributed by atoms with E-state index in [0.717, 1.165) is 10.9 Å². The van der Waals surface area contributed by atoms with Crippen molar-refractivity contribution in [1.29, 1.82) is 0 Å². The first kappa shape index (κ1) is 15.7. The molecule has 1 aromatic heterocycles. The van der Waals surface area contributed by atoms with Crippen molar-refractivity contribution in [3.05, 3.63) is 20.8 Å². The summed E-state index contributed by atoms with van der Waals surface area (Å²) in [6, 6.07) is 2.05. The van der Waals surface area contributed by atoms with Crippen LogP contribution in [0.1, 0.15) is 56.7 Å². The van der Waals surface area contributed by atoms with Crippen molar-refractivity contribution in [3.63, 3.8) is 0 Å². The molecule has 1 heterocycles. The summed E-state index contributed by atoms with van der Waals surface area (Å²) in [7, 11) is 0. The molecule has 0 aliphatic heterocycles. The molecule has 0 unspecified atom stereocenters. The van der Waals surface area contributed by atoms with Crippen LogP contribution in [-0.2, 0) is 11.3 Å². The normalized spacial score (nSPS) is 10.6. The smallest absolute Gasteiger partial charge is 0.220 e. The first-order valence-electron chi connectivity index (χ1n) is 6.72. The minimum Gasteiger partial charge on any atom is -0.351 e. The minimum absolute atomic E-state index is 0.176. The molecule has 0 aliphatic rings. The summed E-state index contributed by atoms with van der Waals surface area (Å²) >= 11 is 5.08. The van der Waals surface area contributed by atoms with Crippen LogP contribution < -0.4 is 5.32 Å². The highest BCUT2D eigenvalue weighted by Crippen LogP contribution is 2.19. The number of thiophene rings is 1. The Morgan fingerprint density at radius 3 is 2.67 bits per heavy atom. The van der Waals surface area contributed by atoms with Crippen LogP contribution >= 0.6 is 27.3 Å². The third kappa shape index (κ3) is 7.17. The van der Waals surface area contributed by atoms with Crippen molar-refractivity contribution in [2.75, 3.05) is 0 Å². The summed E-state index contributed by atoms with van der Waals surface area (Å²) in [4.78, 5) is 12.8. The molecule has 0 aliphatic carbocycles. The molecular formula is C14H22BrNOS. The SMILES string of the molecule is CCCCCCCCC(=O)NCc1cc(Br)cs1. The maximum atomic E-state index is 11.6. The Labute approximate surface area is 122 Å². The molecule has 1 aromatic rings. The zero-order valence-electron chi connectivity index (χ0n) is 11.0. The van der Waals surface area contributed by atoms with E-state index in [1.54, 1.807) is 11.3 Å². The van der Waals surface area contributed by atoms with Crippen LogP contribution in [0.25, 0.3) is 0 Å². The fourth-order valence-corrected chi connectivity index (χ4v) is 3.18.